The lowest BCUT2D eigenvalue weighted by Gasteiger charge is -2.25. The fraction of sp³-hybridized carbons (Fsp3) is 0.344. The van der Waals surface area contributed by atoms with E-state index in [1.54, 1.807) is 12.4 Å². The van der Waals surface area contributed by atoms with Crippen LogP contribution in [0.15, 0.2) is 60.9 Å². The zero-order valence-corrected chi connectivity index (χ0v) is 26.2. The Hall–Kier alpha value is -4.82. The molecule has 46 heavy (non-hydrogen) atoms. The molecule has 0 aliphatic rings. The molecule has 0 saturated carbocycles. The third kappa shape index (κ3) is 8.88. The number of para-hydroxylation sites is 2. The summed E-state index contributed by atoms with van der Waals surface area (Å²) in [5.41, 5.74) is 15.0. The number of benzene rings is 2. The van der Waals surface area contributed by atoms with Crippen molar-refractivity contribution >= 4 is 63.2 Å². The number of amides is 4. The van der Waals surface area contributed by atoms with Gasteiger partial charge < -0.3 is 42.5 Å². The average molecular weight is 650 g/mol. The molecule has 4 rings (SSSR count). The quantitative estimate of drug-likeness (QED) is 0.0830. The normalized spacial score (nSPS) is 13.9. The molecule has 14 heteroatoms. The lowest BCUT2D eigenvalue weighted by molar-refractivity contribution is -0.142. The first kappa shape index (κ1) is 34.1. The Morgan fingerprint density at radius 3 is 1.85 bits per heavy atom. The minimum atomic E-state index is -1.29. The monoisotopic (exact) mass is 649 g/mol. The van der Waals surface area contributed by atoms with Crippen LogP contribution >= 0.6 is 11.8 Å². The van der Waals surface area contributed by atoms with Gasteiger partial charge in [-0.2, -0.15) is 11.8 Å². The van der Waals surface area contributed by atoms with Crippen molar-refractivity contribution in [1.29, 1.82) is 0 Å². The standard InChI is InChI=1S/C32H39N7O6S/c1-46-13-12-26(32(44)45)38-30(42)25(10-11-28(34)40)37-31(43)27(15-19-17-36-24-9-5-3-7-21(19)24)39-29(41)22(33)14-18-16-35-23-8-4-2-6-20(18)23/h2-9,16-17,22,25-27,35-36H,10-15,33H2,1H3,(H2,34,40)(H,37,43)(H,38,42)(H,39,41)(H,44,45). The van der Waals surface area contributed by atoms with Gasteiger partial charge in [-0.1, -0.05) is 36.4 Å². The van der Waals surface area contributed by atoms with Gasteiger partial charge in [0, 0.05) is 47.0 Å². The molecule has 4 amide bonds. The van der Waals surface area contributed by atoms with Gasteiger partial charge in [0.1, 0.15) is 18.1 Å². The predicted molar refractivity (Wildman–Crippen MR) is 177 cm³/mol. The van der Waals surface area contributed by atoms with E-state index in [0.29, 0.717) is 5.75 Å². The number of rotatable bonds is 17. The van der Waals surface area contributed by atoms with Crippen molar-refractivity contribution in [2.45, 2.75) is 56.3 Å². The number of nitrogens with two attached hydrogens (primary N) is 2. The van der Waals surface area contributed by atoms with Crippen LogP contribution in [0.4, 0.5) is 0 Å². The van der Waals surface area contributed by atoms with E-state index in [9.17, 15) is 29.1 Å². The maximum atomic E-state index is 13.8. The smallest absolute Gasteiger partial charge is 0.326 e. The van der Waals surface area contributed by atoms with Crippen LogP contribution in [0.1, 0.15) is 30.4 Å². The third-order valence-electron chi connectivity index (χ3n) is 7.72. The summed E-state index contributed by atoms with van der Waals surface area (Å²) in [6, 6.07) is 10.4. The Morgan fingerprint density at radius 2 is 1.28 bits per heavy atom. The number of carbonyl (C=O) groups is 5. The van der Waals surface area contributed by atoms with E-state index in [4.69, 9.17) is 11.5 Å². The van der Waals surface area contributed by atoms with Crippen molar-refractivity contribution in [3.8, 4) is 0 Å². The van der Waals surface area contributed by atoms with Crippen LogP contribution in [-0.4, -0.2) is 80.8 Å². The highest BCUT2D eigenvalue weighted by Gasteiger charge is 2.31. The van der Waals surface area contributed by atoms with E-state index < -0.39 is 53.8 Å². The summed E-state index contributed by atoms with van der Waals surface area (Å²) in [7, 11) is 0. The van der Waals surface area contributed by atoms with Crippen LogP contribution in [0, 0.1) is 0 Å². The van der Waals surface area contributed by atoms with Gasteiger partial charge in [-0.25, -0.2) is 4.79 Å². The van der Waals surface area contributed by atoms with Gasteiger partial charge in [-0.3, -0.25) is 19.2 Å². The van der Waals surface area contributed by atoms with E-state index in [0.717, 1.165) is 32.9 Å². The van der Waals surface area contributed by atoms with Crippen LogP contribution in [0.2, 0.25) is 0 Å². The van der Waals surface area contributed by atoms with Gasteiger partial charge in [0.25, 0.3) is 0 Å². The molecule has 0 aliphatic heterocycles. The van der Waals surface area contributed by atoms with Crippen molar-refractivity contribution < 1.29 is 29.1 Å². The Balaban J connectivity index is 1.55. The van der Waals surface area contributed by atoms with E-state index in [1.807, 2.05) is 54.8 Å². The number of hydrogen-bond acceptors (Lipinski definition) is 7. The van der Waals surface area contributed by atoms with Crippen molar-refractivity contribution in [3.63, 3.8) is 0 Å². The van der Waals surface area contributed by atoms with Crippen LogP contribution in [-0.2, 0) is 36.8 Å². The van der Waals surface area contributed by atoms with Gasteiger partial charge in [-0.05, 0) is 54.5 Å². The lowest BCUT2D eigenvalue weighted by atomic mass is 10.0. The van der Waals surface area contributed by atoms with E-state index in [-0.39, 0.29) is 32.1 Å². The van der Waals surface area contributed by atoms with E-state index >= 15 is 0 Å². The van der Waals surface area contributed by atoms with E-state index in [2.05, 4.69) is 25.9 Å². The molecular formula is C32H39N7O6S. The number of primary amides is 1. The summed E-state index contributed by atoms with van der Waals surface area (Å²) < 4.78 is 0. The van der Waals surface area contributed by atoms with Crippen LogP contribution < -0.4 is 27.4 Å². The molecule has 13 nitrogen and oxygen atoms in total. The lowest BCUT2D eigenvalue weighted by Crippen LogP contribution is -2.58. The molecule has 0 radical (unpaired) electrons. The summed E-state index contributed by atoms with van der Waals surface area (Å²) in [4.78, 5) is 70.1. The fourth-order valence-electron chi connectivity index (χ4n) is 5.23. The van der Waals surface area contributed by atoms with Crippen molar-refractivity contribution in [1.82, 2.24) is 25.9 Å². The summed E-state index contributed by atoms with van der Waals surface area (Å²) in [5, 5.41) is 19.2. The first-order valence-corrected chi connectivity index (χ1v) is 16.2. The van der Waals surface area contributed by atoms with Gasteiger partial charge in [0.05, 0.1) is 6.04 Å². The van der Waals surface area contributed by atoms with Gasteiger partial charge in [-0.15, -0.1) is 0 Å². The number of carbonyl (C=O) groups excluding carboxylic acids is 4. The summed E-state index contributed by atoms with van der Waals surface area (Å²) >= 11 is 1.42. The molecule has 2 heterocycles. The molecular weight excluding hydrogens is 610 g/mol. The molecule has 2 aromatic heterocycles. The number of aromatic nitrogens is 2. The first-order valence-electron chi connectivity index (χ1n) is 14.8. The van der Waals surface area contributed by atoms with Crippen molar-refractivity contribution in [2.75, 3.05) is 12.0 Å². The molecule has 10 N–H and O–H groups in total. The molecule has 4 atom stereocenters. The first-order chi connectivity index (χ1) is 22.1. The number of carboxylic acid groups (broad SMARTS) is 1. The highest BCUT2D eigenvalue weighted by Crippen LogP contribution is 2.21. The second-order valence-corrected chi connectivity index (χ2v) is 12.0. The molecule has 4 unspecified atom stereocenters. The minimum Gasteiger partial charge on any atom is -0.480 e. The number of aliphatic carboxylic acids is 1. The summed E-state index contributed by atoms with van der Waals surface area (Å²) in [6.45, 7) is 0. The van der Waals surface area contributed by atoms with E-state index in [1.165, 1.54) is 11.8 Å². The Labute approximate surface area is 269 Å². The maximum absolute atomic E-state index is 13.8. The number of carboxylic acids is 1. The molecule has 0 aliphatic carbocycles. The molecule has 0 bridgehead atoms. The molecule has 0 saturated heterocycles. The third-order valence-corrected chi connectivity index (χ3v) is 8.37. The topological polar surface area (TPSA) is 225 Å². The Kier molecular flexibility index (Phi) is 11.8. The Morgan fingerprint density at radius 1 is 0.761 bits per heavy atom. The molecule has 0 spiro atoms. The number of nitrogens with one attached hydrogen (secondary N) is 5. The largest absolute Gasteiger partial charge is 0.480 e. The van der Waals surface area contributed by atoms with Crippen molar-refractivity contribution in [3.05, 3.63) is 72.1 Å². The number of thioether (sulfide) groups is 1. The highest BCUT2D eigenvalue weighted by molar-refractivity contribution is 7.98. The number of aromatic amines is 2. The molecule has 0 fully saturated rings. The highest BCUT2D eigenvalue weighted by atomic mass is 32.2. The fourth-order valence-corrected chi connectivity index (χ4v) is 5.70. The van der Waals surface area contributed by atoms with Crippen LogP contribution in [0.25, 0.3) is 21.8 Å². The second kappa shape index (κ2) is 16.0. The van der Waals surface area contributed by atoms with Gasteiger partial charge >= 0.3 is 5.97 Å². The number of fused-ring (bicyclic) bond motifs is 2. The molecule has 244 valence electrons. The summed E-state index contributed by atoms with van der Waals surface area (Å²) in [6.07, 6.45) is 5.34. The van der Waals surface area contributed by atoms with Gasteiger partial charge in [0.2, 0.25) is 23.6 Å². The van der Waals surface area contributed by atoms with Crippen LogP contribution in [0.5, 0.6) is 0 Å². The van der Waals surface area contributed by atoms with Crippen molar-refractivity contribution in [2.24, 2.45) is 11.5 Å². The van der Waals surface area contributed by atoms with Crippen LogP contribution in [0.3, 0.4) is 0 Å². The second-order valence-electron chi connectivity index (χ2n) is 11.0. The minimum absolute atomic E-state index is 0.0526. The maximum Gasteiger partial charge on any atom is 0.326 e. The average Bonchev–Trinajstić information content (AvgIpc) is 3.64. The predicted octanol–water partition coefficient (Wildman–Crippen LogP) is 1.32. The zero-order valence-electron chi connectivity index (χ0n) is 25.4. The zero-order chi connectivity index (χ0) is 33.2. The van der Waals surface area contributed by atoms with Gasteiger partial charge in [0.15, 0.2) is 0 Å². The SMILES string of the molecule is CSCCC(NC(=O)C(CCC(N)=O)NC(=O)C(Cc1c[nH]c2ccccc12)NC(=O)C(N)Cc1c[nH]c2ccccc12)C(=O)O. The number of hydrogen-bond donors (Lipinski definition) is 8. The molecule has 4 aromatic rings. The summed E-state index contributed by atoms with van der Waals surface area (Å²) in [5.74, 6) is -3.51. The molecule has 2 aromatic carbocycles. The Bertz CT molecular complexity index is 1700. The number of H-pyrrole nitrogens is 2.